The lowest BCUT2D eigenvalue weighted by atomic mass is 10.00. The number of fused-ring (bicyclic) bond motifs is 1. The standard InChI is InChI=1S/C17H23N5O3/c1-12-10-14(25-20-12)11-16(23)21-5-2-15-18-17(19-22(15)7-6-21)13-3-8-24-9-4-13/h10,13H,2-9,11H2,1H3. The van der Waals surface area contributed by atoms with Crippen molar-refractivity contribution in [1.82, 2.24) is 24.8 Å². The molecule has 0 atom stereocenters. The van der Waals surface area contributed by atoms with E-state index in [0.29, 0.717) is 31.3 Å². The van der Waals surface area contributed by atoms with Crippen LogP contribution in [0.15, 0.2) is 10.6 Å². The Labute approximate surface area is 146 Å². The molecule has 8 heteroatoms. The Hall–Kier alpha value is -2.22. The van der Waals surface area contributed by atoms with Gasteiger partial charge in [0.15, 0.2) is 5.82 Å². The first-order chi connectivity index (χ1) is 12.2. The molecule has 4 heterocycles. The molecule has 0 unspecified atom stereocenters. The zero-order chi connectivity index (χ0) is 17.2. The maximum absolute atomic E-state index is 12.5. The van der Waals surface area contributed by atoms with Gasteiger partial charge in [-0.25, -0.2) is 9.67 Å². The van der Waals surface area contributed by atoms with Crippen molar-refractivity contribution in [2.45, 2.75) is 45.1 Å². The second kappa shape index (κ2) is 6.95. The van der Waals surface area contributed by atoms with Crippen molar-refractivity contribution in [2.75, 3.05) is 26.3 Å². The highest BCUT2D eigenvalue weighted by molar-refractivity contribution is 5.78. The SMILES string of the molecule is Cc1cc(CC(=O)N2CCc3nc(C4CCOCC4)nn3CC2)on1. The molecule has 0 N–H and O–H groups in total. The highest BCUT2D eigenvalue weighted by Gasteiger charge is 2.25. The van der Waals surface area contributed by atoms with E-state index in [9.17, 15) is 4.79 Å². The second-order valence-corrected chi connectivity index (χ2v) is 6.74. The first kappa shape index (κ1) is 16.3. The summed E-state index contributed by atoms with van der Waals surface area (Å²) in [7, 11) is 0. The molecule has 1 saturated heterocycles. The van der Waals surface area contributed by atoms with Crippen LogP contribution in [0.25, 0.3) is 0 Å². The van der Waals surface area contributed by atoms with E-state index in [-0.39, 0.29) is 12.3 Å². The maximum Gasteiger partial charge on any atom is 0.230 e. The van der Waals surface area contributed by atoms with E-state index in [2.05, 4.69) is 5.16 Å². The molecule has 0 radical (unpaired) electrons. The highest BCUT2D eigenvalue weighted by Crippen LogP contribution is 2.25. The molecule has 1 fully saturated rings. The predicted molar refractivity (Wildman–Crippen MR) is 88.0 cm³/mol. The zero-order valence-electron chi connectivity index (χ0n) is 14.5. The normalized spacial score (nSPS) is 18.8. The van der Waals surface area contributed by atoms with Crippen LogP contribution in [0.4, 0.5) is 0 Å². The summed E-state index contributed by atoms with van der Waals surface area (Å²) in [4.78, 5) is 19.1. The fraction of sp³-hybridized carbons (Fsp3) is 0.647. The molecular formula is C17H23N5O3. The van der Waals surface area contributed by atoms with Gasteiger partial charge in [0.1, 0.15) is 11.6 Å². The van der Waals surface area contributed by atoms with Gasteiger partial charge in [0.05, 0.1) is 18.7 Å². The van der Waals surface area contributed by atoms with Gasteiger partial charge in [-0.2, -0.15) is 5.10 Å². The summed E-state index contributed by atoms with van der Waals surface area (Å²) in [6, 6.07) is 1.81. The van der Waals surface area contributed by atoms with Gasteiger partial charge in [-0.05, 0) is 19.8 Å². The quantitative estimate of drug-likeness (QED) is 0.828. The first-order valence-corrected chi connectivity index (χ1v) is 8.90. The molecule has 0 saturated carbocycles. The van der Waals surface area contributed by atoms with Crippen molar-refractivity contribution in [3.63, 3.8) is 0 Å². The van der Waals surface area contributed by atoms with E-state index in [0.717, 1.165) is 49.8 Å². The van der Waals surface area contributed by atoms with Crippen LogP contribution in [-0.4, -0.2) is 57.0 Å². The number of nitrogens with zero attached hydrogens (tertiary/aromatic N) is 5. The molecule has 1 amide bonds. The molecule has 4 rings (SSSR count). The number of rotatable bonds is 3. The Bertz CT molecular complexity index is 722. The summed E-state index contributed by atoms with van der Waals surface area (Å²) in [6.45, 7) is 5.43. The molecule has 8 nitrogen and oxygen atoms in total. The van der Waals surface area contributed by atoms with Crippen molar-refractivity contribution < 1.29 is 14.1 Å². The Morgan fingerprint density at radius 2 is 2.12 bits per heavy atom. The monoisotopic (exact) mass is 345 g/mol. The van der Waals surface area contributed by atoms with Crippen molar-refractivity contribution in [2.24, 2.45) is 0 Å². The van der Waals surface area contributed by atoms with Gasteiger partial charge in [0.25, 0.3) is 0 Å². The number of hydrogen-bond donors (Lipinski definition) is 0. The summed E-state index contributed by atoms with van der Waals surface area (Å²) in [5.74, 6) is 3.00. The van der Waals surface area contributed by atoms with Gasteiger partial charge < -0.3 is 14.2 Å². The molecule has 0 bridgehead atoms. The average molecular weight is 345 g/mol. The molecule has 2 aromatic rings. The lowest BCUT2D eigenvalue weighted by molar-refractivity contribution is -0.130. The fourth-order valence-electron chi connectivity index (χ4n) is 3.46. The number of carbonyl (C=O) groups excluding carboxylic acids is 1. The van der Waals surface area contributed by atoms with Crippen molar-refractivity contribution in [3.05, 3.63) is 29.2 Å². The van der Waals surface area contributed by atoms with E-state index in [1.54, 1.807) is 0 Å². The Morgan fingerprint density at radius 3 is 2.88 bits per heavy atom. The lowest BCUT2D eigenvalue weighted by Crippen LogP contribution is -2.34. The van der Waals surface area contributed by atoms with Crippen LogP contribution >= 0.6 is 0 Å². The number of ether oxygens (including phenoxy) is 1. The fourth-order valence-corrected chi connectivity index (χ4v) is 3.46. The van der Waals surface area contributed by atoms with Gasteiger partial charge in [-0.15, -0.1) is 0 Å². The van der Waals surface area contributed by atoms with Gasteiger partial charge in [0.2, 0.25) is 5.91 Å². The number of aromatic nitrogens is 4. The minimum Gasteiger partial charge on any atom is -0.381 e. The summed E-state index contributed by atoms with van der Waals surface area (Å²) < 4.78 is 12.5. The van der Waals surface area contributed by atoms with E-state index < -0.39 is 0 Å². The smallest absolute Gasteiger partial charge is 0.230 e. The van der Waals surface area contributed by atoms with Crippen molar-refractivity contribution >= 4 is 5.91 Å². The maximum atomic E-state index is 12.5. The molecule has 25 heavy (non-hydrogen) atoms. The van der Waals surface area contributed by atoms with Crippen molar-refractivity contribution in [1.29, 1.82) is 0 Å². The number of amides is 1. The summed E-state index contributed by atoms with van der Waals surface area (Å²) >= 11 is 0. The van der Waals surface area contributed by atoms with Gasteiger partial charge in [0, 0.05) is 44.7 Å². The third-order valence-electron chi connectivity index (χ3n) is 4.89. The van der Waals surface area contributed by atoms with Crippen LogP contribution in [-0.2, 0) is 28.9 Å². The molecule has 0 aromatic carbocycles. The van der Waals surface area contributed by atoms with Crippen LogP contribution < -0.4 is 0 Å². The first-order valence-electron chi connectivity index (χ1n) is 8.90. The Kier molecular flexibility index (Phi) is 4.52. The summed E-state index contributed by atoms with van der Waals surface area (Å²) in [5, 5.41) is 8.53. The van der Waals surface area contributed by atoms with E-state index in [4.69, 9.17) is 19.3 Å². The van der Waals surface area contributed by atoms with Crippen LogP contribution in [0.2, 0.25) is 0 Å². The number of hydrogen-bond acceptors (Lipinski definition) is 6. The molecule has 2 aromatic heterocycles. The van der Waals surface area contributed by atoms with Gasteiger partial charge >= 0.3 is 0 Å². The van der Waals surface area contributed by atoms with Crippen LogP contribution in [0.1, 0.15) is 41.9 Å². The van der Waals surface area contributed by atoms with Crippen LogP contribution in [0.3, 0.4) is 0 Å². The molecule has 2 aliphatic heterocycles. The number of carbonyl (C=O) groups is 1. The summed E-state index contributed by atoms with van der Waals surface area (Å²) in [6.07, 6.45) is 2.97. The van der Waals surface area contributed by atoms with Gasteiger partial charge in [-0.1, -0.05) is 5.16 Å². The van der Waals surface area contributed by atoms with Crippen molar-refractivity contribution in [3.8, 4) is 0 Å². The van der Waals surface area contributed by atoms with E-state index in [1.165, 1.54) is 0 Å². The Balaban J connectivity index is 1.38. The van der Waals surface area contributed by atoms with E-state index in [1.807, 2.05) is 22.6 Å². The molecule has 0 aliphatic carbocycles. The molecular weight excluding hydrogens is 322 g/mol. The van der Waals surface area contributed by atoms with Crippen LogP contribution in [0.5, 0.6) is 0 Å². The molecule has 2 aliphatic rings. The summed E-state index contributed by atoms with van der Waals surface area (Å²) in [5.41, 5.74) is 0.795. The third-order valence-corrected chi connectivity index (χ3v) is 4.89. The van der Waals surface area contributed by atoms with Gasteiger partial charge in [-0.3, -0.25) is 4.79 Å². The largest absolute Gasteiger partial charge is 0.381 e. The number of aryl methyl sites for hydroxylation is 1. The molecule has 134 valence electrons. The predicted octanol–water partition coefficient (Wildman–Crippen LogP) is 1.10. The molecule has 0 spiro atoms. The zero-order valence-corrected chi connectivity index (χ0v) is 14.5. The topological polar surface area (TPSA) is 86.3 Å². The van der Waals surface area contributed by atoms with Crippen LogP contribution in [0, 0.1) is 6.92 Å². The highest BCUT2D eigenvalue weighted by atomic mass is 16.5. The third kappa shape index (κ3) is 3.58. The minimum atomic E-state index is 0.0616. The minimum absolute atomic E-state index is 0.0616. The van der Waals surface area contributed by atoms with E-state index >= 15 is 0 Å². The lowest BCUT2D eigenvalue weighted by Gasteiger charge is -2.20. The average Bonchev–Trinajstić information content (AvgIpc) is 3.16. The Morgan fingerprint density at radius 1 is 1.28 bits per heavy atom. The second-order valence-electron chi connectivity index (χ2n) is 6.74.